The highest BCUT2D eigenvalue weighted by molar-refractivity contribution is 6.32. The van der Waals surface area contributed by atoms with Gasteiger partial charge in [0.25, 0.3) is 0 Å². The summed E-state index contributed by atoms with van der Waals surface area (Å²) >= 11 is 6.26. The van der Waals surface area contributed by atoms with E-state index in [0.717, 1.165) is 17.2 Å². The van der Waals surface area contributed by atoms with Gasteiger partial charge in [-0.05, 0) is 17.7 Å². The molecule has 8 heteroatoms. The van der Waals surface area contributed by atoms with Crippen molar-refractivity contribution in [2.75, 3.05) is 27.3 Å². The normalized spacial score (nSPS) is 13.7. The van der Waals surface area contributed by atoms with E-state index < -0.39 is 0 Å². The van der Waals surface area contributed by atoms with Crippen LogP contribution in [0.1, 0.15) is 11.3 Å². The van der Waals surface area contributed by atoms with Crippen LogP contribution in [0.2, 0.25) is 5.02 Å². The van der Waals surface area contributed by atoms with Gasteiger partial charge >= 0.3 is 0 Å². The highest BCUT2D eigenvalue weighted by Crippen LogP contribution is 2.38. The second kappa shape index (κ2) is 7.44. The highest BCUT2D eigenvalue weighted by Gasteiger charge is 2.17. The highest BCUT2D eigenvalue weighted by atomic mass is 35.5. The Labute approximate surface area is 145 Å². The molecule has 2 aromatic rings. The molecule has 0 unspecified atom stereocenters. The molecular formula is C16H19ClN4O3. The van der Waals surface area contributed by atoms with Crippen LogP contribution in [0.25, 0.3) is 0 Å². The van der Waals surface area contributed by atoms with Gasteiger partial charge in [0, 0.05) is 26.7 Å². The number of hydrogen-bond donors (Lipinski definition) is 1. The third-order valence-electron chi connectivity index (χ3n) is 3.57. The quantitative estimate of drug-likeness (QED) is 0.674. The monoisotopic (exact) mass is 350 g/mol. The number of halogens is 1. The lowest BCUT2D eigenvalue weighted by molar-refractivity contribution is 0.171. The van der Waals surface area contributed by atoms with E-state index in [-0.39, 0.29) is 0 Å². The Hall–Kier alpha value is -2.41. The molecular weight excluding hydrogens is 332 g/mol. The topological polar surface area (TPSA) is 72.1 Å². The Morgan fingerprint density at radius 1 is 1.38 bits per heavy atom. The number of ether oxygens (including phenoxy) is 2. The molecule has 128 valence electrons. The van der Waals surface area contributed by atoms with Crippen molar-refractivity contribution < 1.29 is 14.0 Å². The van der Waals surface area contributed by atoms with E-state index in [2.05, 4.69) is 15.5 Å². The van der Waals surface area contributed by atoms with Crippen LogP contribution >= 0.6 is 11.6 Å². The predicted molar refractivity (Wildman–Crippen MR) is 90.6 cm³/mol. The molecule has 0 amide bonds. The summed E-state index contributed by atoms with van der Waals surface area (Å²) in [5.41, 5.74) is 1.82. The Morgan fingerprint density at radius 3 is 2.96 bits per heavy atom. The van der Waals surface area contributed by atoms with Gasteiger partial charge in [-0.25, -0.2) is 0 Å². The van der Waals surface area contributed by atoms with E-state index in [9.17, 15) is 0 Å². The Balaban J connectivity index is 1.64. The first kappa shape index (κ1) is 16.4. The van der Waals surface area contributed by atoms with Gasteiger partial charge < -0.3 is 24.2 Å². The minimum atomic E-state index is 0.518. The van der Waals surface area contributed by atoms with Crippen molar-refractivity contribution >= 4 is 17.6 Å². The molecule has 1 aromatic heterocycles. The summed E-state index contributed by atoms with van der Waals surface area (Å²) in [5, 5.41) is 7.75. The Morgan fingerprint density at radius 2 is 2.21 bits per heavy atom. The van der Waals surface area contributed by atoms with Gasteiger partial charge in [-0.15, -0.1) is 0 Å². The maximum absolute atomic E-state index is 6.26. The van der Waals surface area contributed by atoms with Crippen LogP contribution in [-0.4, -0.2) is 43.3 Å². The largest absolute Gasteiger partial charge is 0.486 e. The van der Waals surface area contributed by atoms with Gasteiger partial charge in [0.1, 0.15) is 25.2 Å². The van der Waals surface area contributed by atoms with Crippen molar-refractivity contribution in [3.8, 4) is 11.5 Å². The van der Waals surface area contributed by atoms with Gasteiger partial charge in [-0.3, -0.25) is 4.99 Å². The zero-order valence-corrected chi connectivity index (χ0v) is 14.3. The number of nitrogens with one attached hydrogen (secondary N) is 1. The van der Waals surface area contributed by atoms with E-state index in [4.69, 9.17) is 25.6 Å². The zero-order chi connectivity index (χ0) is 16.9. The summed E-state index contributed by atoms with van der Waals surface area (Å²) in [4.78, 5) is 6.23. The average molecular weight is 351 g/mol. The predicted octanol–water partition coefficient (Wildman–Crippen LogP) is 2.31. The lowest BCUT2D eigenvalue weighted by Gasteiger charge is -2.22. The van der Waals surface area contributed by atoms with E-state index in [1.54, 1.807) is 13.3 Å². The SMILES string of the molecule is CN=C(NCc1cc(Cl)c2c(c1)OCCO2)N(C)Cc1ccon1. The molecule has 1 aliphatic heterocycles. The van der Waals surface area contributed by atoms with E-state index in [1.807, 2.05) is 30.1 Å². The molecule has 1 N–H and O–H groups in total. The van der Waals surface area contributed by atoms with Crippen LogP contribution in [0, 0.1) is 0 Å². The molecule has 0 radical (unpaired) electrons. The molecule has 0 bridgehead atoms. The number of aromatic nitrogens is 1. The first-order valence-corrected chi connectivity index (χ1v) is 7.94. The van der Waals surface area contributed by atoms with Crippen molar-refractivity contribution in [3.63, 3.8) is 0 Å². The number of guanidine groups is 1. The maximum atomic E-state index is 6.26. The fraction of sp³-hybridized carbons (Fsp3) is 0.375. The molecule has 24 heavy (non-hydrogen) atoms. The lowest BCUT2D eigenvalue weighted by atomic mass is 10.2. The van der Waals surface area contributed by atoms with Crippen LogP contribution in [0.15, 0.2) is 34.0 Å². The van der Waals surface area contributed by atoms with Crippen molar-refractivity contribution in [2.24, 2.45) is 4.99 Å². The van der Waals surface area contributed by atoms with Crippen LogP contribution in [0.5, 0.6) is 11.5 Å². The minimum Gasteiger partial charge on any atom is -0.486 e. The molecule has 1 aliphatic rings. The number of nitrogens with zero attached hydrogens (tertiary/aromatic N) is 3. The van der Waals surface area contributed by atoms with Crippen molar-refractivity contribution in [1.82, 2.24) is 15.4 Å². The maximum Gasteiger partial charge on any atom is 0.194 e. The van der Waals surface area contributed by atoms with Gasteiger partial charge in [0.05, 0.1) is 11.6 Å². The number of hydrogen-bond acceptors (Lipinski definition) is 5. The molecule has 1 aromatic carbocycles. The average Bonchev–Trinajstić information content (AvgIpc) is 3.08. The van der Waals surface area contributed by atoms with Crippen molar-refractivity contribution in [1.29, 1.82) is 0 Å². The Bertz CT molecular complexity index is 718. The van der Waals surface area contributed by atoms with Crippen molar-refractivity contribution in [2.45, 2.75) is 13.1 Å². The van der Waals surface area contributed by atoms with E-state index in [1.165, 1.54) is 0 Å². The summed E-state index contributed by atoms with van der Waals surface area (Å²) in [6, 6.07) is 5.62. The molecule has 0 fully saturated rings. The summed E-state index contributed by atoms with van der Waals surface area (Å²) < 4.78 is 16.0. The fourth-order valence-corrected chi connectivity index (χ4v) is 2.76. The lowest BCUT2D eigenvalue weighted by Crippen LogP contribution is -2.38. The summed E-state index contributed by atoms with van der Waals surface area (Å²) in [5.74, 6) is 2.03. The van der Waals surface area contributed by atoms with E-state index >= 15 is 0 Å². The van der Waals surface area contributed by atoms with Crippen LogP contribution in [0.4, 0.5) is 0 Å². The fourth-order valence-electron chi connectivity index (χ4n) is 2.47. The van der Waals surface area contributed by atoms with E-state index in [0.29, 0.717) is 42.8 Å². The Kier molecular flexibility index (Phi) is 5.10. The van der Waals surface area contributed by atoms with Crippen molar-refractivity contribution in [3.05, 3.63) is 40.7 Å². The standard InChI is InChI=1S/C16H19ClN4O3/c1-18-16(21(2)10-12-3-4-24-20-12)19-9-11-7-13(17)15-14(8-11)22-5-6-23-15/h3-4,7-8H,5-6,9-10H2,1-2H3,(H,18,19). The van der Waals surface area contributed by atoms with Crippen LogP contribution in [0.3, 0.4) is 0 Å². The minimum absolute atomic E-state index is 0.518. The van der Waals surface area contributed by atoms with Gasteiger partial charge in [-0.2, -0.15) is 0 Å². The second-order valence-electron chi connectivity index (χ2n) is 5.35. The summed E-state index contributed by atoms with van der Waals surface area (Å²) in [6.45, 7) is 2.20. The summed E-state index contributed by atoms with van der Waals surface area (Å²) in [7, 11) is 3.67. The van der Waals surface area contributed by atoms with Crippen LogP contribution in [-0.2, 0) is 13.1 Å². The van der Waals surface area contributed by atoms with Gasteiger partial charge in [-0.1, -0.05) is 16.8 Å². The van der Waals surface area contributed by atoms with Gasteiger partial charge in [0.15, 0.2) is 17.5 Å². The van der Waals surface area contributed by atoms with Gasteiger partial charge in [0.2, 0.25) is 0 Å². The number of fused-ring (bicyclic) bond motifs is 1. The van der Waals surface area contributed by atoms with Crippen LogP contribution < -0.4 is 14.8 Å². The molecule has 0 aliphatic carbocycles. The second-order valence-corrected chi connectivity index (χ2v) is 5.76. The molecule has 0 saturated heterocycles. The molecule has 0 saturated carbocycles. The molecule has 3 rings (SSSR count). The molecule has 0 spiro atoms. The number of aliphatic imine (C=N–C) groups is 1. The number of benzene rings is 1. The molecule has 0 atom stereocenters. The zero-order valence-electron chi connectivity index (χ0n) is 13.6. The smallest absolute Gasteiger partial charge is 0.194 e. The third kappa shape index (κ3) is 3.73. The third-order valence-corrected chi connectivity index (χ3v) is 3.85. The summed E-state index contributed by atoms with van der Waals surface area (Å²) in [6.07, 6.45) is 1.55. The number of rotatable bonds is 4. The first-order chi connectivity index (χ1) is 11.7. The molecule has 2 heterocycles. The first-order valence-electron chi connectivity index (χ1n) is 7.56. The molecule has 7 nitrogen and oxygen atoms in total.